The number of carbonyl (C=O) groups excluding carboxylic acids is 2. The van der Waals surface area contributed by atoms with Gasteiger partial charge >= 0.3 is 5.97 Å². The van der Waals surface area contributed by atoms with E-state index < -0.39 is 5.97 Å². The maximum absolute atomic E-state index is 10.5. The number of carbonyl (C=O) groups is 1. The highest BCUT2D eigenvalue weighted by Gasteiger charge is 2.03. The van der Waals surface area contributed by atoms with Crippen molar-refractivity contribution in [3.63, 3.8) is 0 Å². The van der Waals surface area contributed by atoms with E-state index >= 15 is 0 Å². The molecule has 0 aliphatic heterocycles. The van der Waals surface area contributed by atoms with Gasteiger partial charge < -0.3 is 10.5 Å². The smallest absolute Gasteiger partial charge is 0.354 e. The molecule has 0 saturated carbocycles. The molecule has 0 aromatic heterocycles. The first kappa shape index (κ1) is 8.68. The van der Waals surface area contributed by atoms with Crippen LogP contribution in [-0.2, 0) is 14.3 Å². The molecule has 0 aliphatic rings. The van der Waals surface area contributed by atoms with E-state index in [1.165, 1.54) is 6.29 Å². The maximum atomic E-state index is 10.5. The van der Waals surface area contributed by atoms with Gasteiger partial charge in [-0.05, 0) is 6.92 Å². The van der Waals surface area contributed by atoms with Gasteiger partial charge in [-0.3, -0.25) is 4.79 Å². The van der Waals surface area contributed by atoms with Crippen LogP contribution in [0.15, 0.2) is 11.8 Å². The lowest BCUT2D eigenvalue weighted by Crippen LogP contribution is -2.14. The third-order valence-corrected chi connectivity index (χ3v) is 0.726. The first-order chi connectivity index (χ1) is 4.72. The normalized spacial score (nSPS) is 10.7. The quantitative estimate of drug-likeness (QED) is 0.426. The van der Waals surface area contributed by atoms with Gasteiger partial charge in [-0.15, -0.1) is 0 Å². The first-order valence-corrected chi connectivity index (χ1v) is 2.72. The Bertz CT molecular complexity index is 162. The third kappa shape index (κ3) is 2.86. The molecular weight excluding hydrogens is 134 g/mol. The number of hydrogen-bond donors (Lipinski definition) is 1. The SMILES string of the molecule is CCOC(=O)/C(N)=C/[C]=O. The summed E-state index contributed by atoms with van der Waals surface area (Å²) in [5.41, 5.74) is 4.81. The standard InChI is InChI=1S/C6H8NO3/c1-2-10-6(9)5(7)3-4-8/h3H,2,7H2,1H3/b5-3-. The van der Waals surface area contributed by atoms with E-state index in [0.29, 0.717) is 0 Å². The summed E-state index contributed by atoms with van der Waals surface area (Å²) in [6.45, 7) is 1.89. The van der Waals surface area contributed by atoms with Crippen molar-refractivity contribution in [3.8, 4) is 0 Å². The zero-order valence-corrected chi connectivity index (χ0v) is 5.59. The summed E-state index contributed by atoms with van der Waals surface area (Å²) >= 11 is 0. The van der Waals surface area contributed by atoms with Crippen molar-refractivity contribution in [2.75, 3.05) is 6.61 Å². The second kappa shape index (κ2) is 4.55. The fraction of sp³-hybridized carbons (Fsp3) is 0.333. The fourth-order valence-electron chi connectivity index (χ4n) is 0.337. The van der Waals surface area contributed by atoms with Gasteiger partial charge in [0.2, 0.25) is 6.29 Å². The Morgan fingerprint density at radius 1 is 1.80 bits per heavy atom. The molecule has 55 valence electrons. The van der Waals surface area contributed by atoms with Crippen LogP contribution in [0.2, 0.25) is 0 Å². The molecule has 0 heterocycles. The van der Waals surface area contributed by atoms with Crippen molar-refractivity contribution in [2.45, 2.75) is 6.92 Å². The van der Waals surface area contributed by atoms with Crippen molar-refractivity contribution in [1.82, 2.24) is 0 Å². The zero-order valence-electron chi connectivity index (χ0n) is 5.59. The van der Waals surface area contributed by atoms with Crippen LogP contribution in [0.5, 0.6) is 0 Å². The molecule has 0 spiro atoms. The summed E-state index contributed by atoms with van der Waals surface area (Å²) in [6, 6.07) is 0. The minimum absolute atomic E-state index is 0.225. The zero-order chi connectivity index (χ0) is 7.98. The highest BCUT2D eigenvalue weighted by atomic mass is 16.5. The molecular formula is C6H8NO3. The summed E-state index contributed by atoms with van der Waals surface area (Å²) in [4.78, 5) is 20.2. The van der Waals surface area contributed by atoms with Crippen molar-refractivity contribution in [2.24, 2.45) is 5.73 Å². The van der Waals surface area contributed by atoms with Crippen LogP contribution in [0, 0.1) is 0 Å². The summed E-state index contributed by atoms with van der Waals surface area (Å²) in [7, 11) is 0. The van der Waals surface area contributed by atoms with Crippen molar-refractivity contribution < 1.29 is 14.3 Å². The second-order valence-electron chi connectivity index (χ2n) is 1.44. The van der Waals surface area contributed by atoms with Crippen LogP contribution in [0.4, 0.5) is 0 Å². The molecule has 4 heteroatoms. The molecule has 0 saturated heterocycles. The van der Waals surface area contributed by atoms with Crippen molar-refractivity contribution in [1.29, 1.82) is 0 Å². The largest absolute Gasteiger partial charge is 0.461 e. The van der Waals surface area contributed by atoms with Gasteiger partial charge in [0.25, 0.3) is 0 Å². The van der Waals surface area contributed by atoms with Crippen LogP contribution in [0.25, 0.3) is 0 Å². The van der Waals surface area contributed by atoms with E-state index in [9.17, 15) is 9.59 Å². The van der Waals surface area contributed by atoms with Crippen molar-refractivity contribution >= 4 is 12.3 Å². The topological polar surface area (TPSA) is 69.4 Å². The summed E-state index contributed by atoms with van der Waals surface area (Å²) in [5.74, 6) is -0.689. The predicted molar refractivity (Wildman–Crippen MR) is 34.6 cm³/mol. The van der Waals surface area contributed by atoms with Crippen LogP contribution in [0.3, 0.4) is 0 Å². The van der Waals surface area contributed by atoms with Gasteiger partial charge in [-0.25, -0.2) is 4.79 Å². The first-order valence-electron chi connectivity index (χ1n) is 2.72. The molecule has 0 aromatic rings. The summed E-state index contributed by atoms with van der Waals surface area (Å²) < 4.78 is 4.45. The maximum Gasteiger partial charge on any atom is 0.354 e. The average Bonchev–Trinajstić information content (AvgIpc) is 1.89. The molecule has 4 nitrogen and oxygen atoms in total. The van der Waals surface area contributed by atoms with Crippen molar-refractivity contribution in [3.05, 3.63) is 11.8 Å². The Hall–Kier alpha value is -1.32. The minimum atomic E-state index is -0.689. The Morgan fingerprint density at radius 2 is 2.40 bits per heavy atom. The fourth-order valence-corrected chi connectivity index (χ4v) is 0.337. The lowest BCUT2D eigenvalue weighted by molar-refractivity contribution is -0.138. The molecule has 10 heavy (non-hydrogen) atoms. The number of nitrogens with two attached hydrogens (primary N) is 1. The second-order valence-corrected chi connectivity index (χ2v) is 1.44. The molecule has 0 aromatic carbocycles. The van der Waals surface area contributed by atoms with Crippen LogP contribution >= 0.6 is 0 Å². The lowest BCUT2D eigenvalue weighted by atomic mass is 10.4. The Balaban J connectivity index is 3.93. The molecule has 0 atom stereocenters. The van der Waals surface area contributed by atoms with Gasteiger partial charge in [-0.2, -0.15) is 0 Å². The molecule has 0 aliphatic carbocycles. The van der Waals surface area contributed by atoms with E-state index in [2.05, 4.69) is 4.74 Å². The summed E-state index contributed by atoms with van der Waals surface area (Å²) in [6.07, 6.45) is 2.20. The van der Waals surface area contributed by atoms with Gasteiger partial charge in [0.15, 0.2) is 0 Å². The van der Waals surface area contributed by atoms with Gasteiger partial charge in [0, 0.05) is 6.08 Å². The van der Waals surface area contributed by atoms with Crippen LogP contribution in [0.1, 0.15) is 6.92 Å². The van der Waals surface area contributed by atoms with E-state index in [0.717, 1.165) is 6.08 Å². The number of esters is 1. The molecule has 0 rings (SSSR count). The minimum Gasteiger partial charge on any atom is -0.461 e. The van der Waals surface area contributed by atoms with E-state index in [1.54, 1.807) is 6.92 Å². The molecule has 0 fully saturated rings. The summed E-state index contributed by atoms with van der Waals surface area (Å²) in [5, 5.41) is 0. The third-order valence-electron chi connectivity index (χ3n) is 0.726. The average molecular weight is 142 g/mol. The highest BCUT2D eigenvalue weighted by Crippen LogP contribution is 1.86. The number of hydrogen-bond acceptors (Lipinski definition) is 4. The van der Waals surface area contributed by atoms with E-state index in [-0.39, 0.29) is 12.3 Å². The molecule has 2 N–H and O–H groups in total. The number of allylic oxidation sites excluding steroid dienone is 1. The van der Waals surface area contributed by atoms with Gasteiger partial charge in [0.1, 0.15) is 5.70 Å². The Kier molecular flexibility index (Phi) is 3.95. The molecule has 1 radical (unpaired) electrons. The molecule has 0 bridgehead atoms. The van der Waals surface area contributed by atoms with Gasteiger partial charge in [0.05, 0.1) is 6.61 Å². The van der Waals surface area contributed by atoms with E-state index in [4.69, 9.17) is 5.73 Å². The molecule has 0 unspecified atom stereocenters. The molecule has 0 amide bonds. The lowest BCUT2D eigenvalue weighted by Gasteiger charge is -1.97. The van der Waals surface area contributed by atoms with Crippen LogP contribution < -0.4 is 5.73 Å². The Morgan fingerprint density at radius 3 is 2.80 bits per heavy atom. The monoisotopic (exact) mass is 142 g/mol. The number of rotatable bonds is 3. The number of ether oxygens (including phenoxy) is 1. The Labute approximate surface area is 58.7 Å². The van der Waals surface area contributed by atoms with E-state index in [1.807, 2.05) is 0 Å². The van der Waals surface area contributed by atoms with Crippen LogP contribution in [-0.4, -0.2) is 18.9 Å². The predicted octanol–water partition coefficient (Wildman–Crippen LogP) is -0.498. The van der Waals surface area contributed by atoms with Gasteiger partial charge in [-0.1, -0.05) is 0 Å². The highest BCUT2D eigenvalue weighted by molar-refractivity contribution is 5.91.